The van der Waals surface area contributed by atoms with E-state index in [2.05, 4.69) is 6.92 Å². The van der Waals surface area contributed by atoms with Crippen LogP contribution in [-0.2, 0) is 0 Å². The standard InChI is InChI=1S/C11H21F3N2O/c1-2-8-3-4-16(9(5-8)6-15)7-10(17)11(12,13)14/h8-10,17H,2-7,15H2,1H3. The van der Waals surface area contributed by atoms with Gasteiger partial charge in [0.1, 0.15) is 0 Å². The molecule has 0 saturated carbocycles. The summed E-state index contributed by atoms with van der Waals surface area (Å²) in [6.45, 7) is 2.66. The third kappa shape index (κ3) is 4.12. The molecule has 17 heavy (non-hydrogen) atoms. The number of nitrogens with zero attached hydrogens (tertiary/aromatic N) is 1. The molecule has 0 radical (unpaired) electrons. The summed E-state index contributed by atoms with van der Waals surface area (Å²) in [7, 11) is 0. The molecule has 1 fully saturated rings. The van der Waals surface area contributed by atoms with Crippen molar-refractivity contribution >= 4 is 0 Å². The van der Waals surface area contributed by atoms with Gasteiger partial charge in [0.15, 0.2) is 6.10 Å². The van der Waals surface area contributed by atoms with Crippen LogP contribution in [0, 0.1) is 5.92 Å². The summed E-state index contributed by atoms with van der Waals surface area (Å²) in [4.78, 5) is 1.67. The van der Waals surface area contributed by atoms with Crippen molar-refractivity contribution in [1.82, 2.24) is 4.90 Å². The number of halogens is 3. The van der Waals surface area contributed by atoms with E-state index < -0.39 is 12.3 Å². The minimum absolute atomic E-state index is 0.0364. The van der Waals surface area contributed by atoms with Crippen molar-refractivity contribution < 1.29 is 18.3 Å². The summed E-state index contributed by atoms with van der Waals surface area (Å²) in [5.41, 5.74) is 5.59. The minimum Gasteiger partial charge on any atom is -0.382 e. The van der Waals surface area contributed by atoms with E-state index in [1.165, 1.54) is 0 Å². The fourth-order valence-corrected chi connectivity index (χ4v) is 2.36. The maximum Gasteiger partial charge on any atom is 0.415 e. The quantitative estimate of drug-likeness (QED) is 0.796. The van der Waals surface area contributed by atoms with E-state index in [1.54, 1.807) is 4.90 Å². The Hall–Kier alpha value is -0.330. The van der Waals surface area contributed by atoms with Gasteiger partial charge in [0.25, 0.3) is 0 Å². The van der Waals surface area contributed by atoms with Gasteiger partial charge in [-0.1, -0.05) is 13.3 Å². The first-order valence-corrected chi connectivity index (χ1v) is 6.07. The van der Waals surface area contributed by atoms with E-state index in [1.807, 2.05) is 0 Å². The number of aliphatic hydroxyl groups is 1. The van der Waals surface area contributed by atoms with Crippen LogP contribution in [0.2, 0.25) is 0 Å². The Balaban J connectivity index is 2.53. The van der Waals surface area contributed by atoms with Crippen LogP contribution >= 0.6 is 0 Å². The Bertz CT molecular complexity index is 235. The Morgan fingerprint density at radius 3 is 2.59 bits per heavy atom. The normalized spacial score (nSPS) is 29.3. The van der Waals surface area contributed by atoms with Gasteiger partial charge in [-0.25, -0.2) is 0 Å². The lowest BCUT2D eigenvalue weighted by Gasteiger charge is -2.39. The van der Waals surface area contributed by atoms with Crippen molar-refractivity contribution in [1.29, 1.82) is 0 Å². The van der Waals surface area contributed by atoms with Gasteiger partial charge in [-0.2, -0.15) is 13.2 Å². The van der Waals surface area contributed by atoms with Crippen molar-refractivity contribution in [2.75, 3.05) is 19.6 Å². The molecule has 3 atom stereocenters. The molecule has 1 heterocycles. The molecule has 6 heteroatoms. The smallest absolute Gasteiger partial charge is 0.382 e. The van der Waals surface area contributed by atoms with Crippen molar-refractivity contribution in [3.63, 3.8) is 0 Å². The number of rotatable bonds is 4. The predicted octanol–water partition coefficient (Wildman–Crippen LogP) is 1.36. The van der Waals surface area contributed by atoms with Crippen LogP contribution in [0.25, 0.3) is 0 Å². The second kappa shape index (κ2) is 6.02. The first-order valence-electron chi connectivity index (χ1n) is 6.07. The third-order valence-electron chi connectivity index (χ3n) is 3.58. The Labute approximate surface area is 99.8 Å². The molecule has 0 aliphatic carbocycles. The fourth-order valence-electron chi connectivity index (χ4n) is 2.36. The second-order valence-electron chi connectivity index (χ2n) is 4.74. The summed E-state index contributed by atoms with van der Waals surface area (Å²) in [6.07, 6.45) is -4.06. The average Bonchev–Trinajstić information content (AvgIpc) is 2.28. The SMILES string of the molecule is CCC1CCN(CC(O)C(F)(F)F)C(CN)C1. The first kappa shape index (κ1) is 14.7. The minimum atomic E-state index is -4.54. The second-order valence-corrected chi connectivity index (χ2v) is 4.74. The van der Waals surface area contributed by atoms with E-state index in [0.717, 1.165) is 19.3 Å². The van der Waals surface area contributed by atoms with Crippen molar-refractivity contribution in [3.8, 4) is 0 Å². The maximum atomic E-state index is 12.3. The molecule has 1 aliphatic rings. The number of nitrogens with two attached hydrogens (primary N) is 1. The highest BCUT2D eigenvalue weighted by atomic mass is 19.4. The van der Waals surface area contributed by atoms with Crippen LogP contribution in [0.3, 0.4) is 0 Å². The zero-order valence-corrected chi connectivity index (χ0v) is 10.1. The largest absolute Gasteiger partial charge is 0.415 e. The lowest BCUT2D eigenvalue weighted by Crippen LogP contribution is -2.51. The molecule has 1 saturated heterocycles. The number of piperidine rings is 1. The lowest BCUT2D eigenvalue weighted by atomic mass is 9.88. The molecule has 0 aromatic heterocycles. The zero-order valence-electron chi connectivity index (χ0n) is 10.1. The molecule has 0 amide bonds. The summed E-state index contributed by atoms with van der Waals surface area (Å²) in [6, 6.07) is -0.0364. The summed E-state index contributed by atoms with van der Waals surface area (Å²) < 4.78 is 36.8. The van der Waals surface area contributed by atoms with E-state index in [9.17, 15) is 13.2 Å². The van der Waals surface area contributed by atoms with Gasteiger partial charge in [-0.05, 0) is 25.3 Å². The molecule has 1 aliphatic heterocycles. The molecule has 102 valence electrons. The van der Waals surface area contributed by atoms with Crippen LogP contribution in [0.1, 0.15) is 26.2 Å². The average molecular weight is 254 g/mol. The molecule has 0 aromatic rings. The molecule has 1 rings (SSSR count). The molecule has 3 N–H and O–H groups in total. The molecule has 0 bridgehead atoms. The fraction of sp³-hybridized carbons (Fsp3) is 1.00. The van der Waals surface area contributed by atoms with Gasteiger partial charge in [0.05, 0.1) is 0 Å². The third-order valence-corrected chi connectivity index (χ3v) is 3.58. The Morgan fingerprint density at radius 1 is 1.47 bits per heavy atom. The topological polar surface area (TPSA) is 49.5 Å². The number of hydrogen-bond donors (Lipinski definition) is 2. The predicted molar refractivity (Wildman–Crippen MR) is 59.5 cm³/mol. The highest BCUT2D eigenvalue weighted by Gasteiger charge is 2.40. The number of β-amino-alcohol motifs (C(OH)–C–C–N with tert-alkyl or cyclic N) is 1. The van der Waals surface area contributed by atoms with Gasteiger partial charge in [-0.3, -0.25) is 4.90 Å². The maximum absolute atomic E-state index is 12.3. The van der Waals surface area contributed by atoms with Crippen molar-refractivity contribution in [2.45, 2.75) is 44.5 Å². The highest BCUT2D eigenvalue weighted by molar-refractivity contribution is 4.84. The number of likely N-dealkylation sites (tertiary alicyclic amines) is 1. The van der Waals surface area contributed by atoms with Crippen LogP contribution < -0.4 is 5.73 Å². The summed E-state index contributed by atoms with van der Waals surface area (Å²) >= 11 is 0. The number of aliphatic hydroxyl groups excluding tert-OH is 1. The van der Waals surface area contributed by atoms with Crippen LogP contribution in [0.4, 0.5) is 13.2 Å². The van der Waals surface area contributed by atoms with Crippen LogP contribution in [-0.4, -0.2) is 48.0 Å². The van der Waals surface area contributed by atoms with Crippen molar-refractivity contribution in [2.24, 2.45) is 11.7 Å². The molecule has 3 nitrogen and oxygen atoms in total. The van der Waals surface area contributed by atoms with Gasteiger partial charge < -0.3 is 10.8 Å². The summed E-state index contributed by atoms with van der Waals surface area (Å²) in [5.74, 6) is 0.544. The van der Waals surface area contributed by atoms with E-state index in [-0.39, 0.29) is 12.6 Å². The molecular formula is C11H21F3N2O. The van der Waals surface area contributed by atoms with Gasteiger partial charge in [-0.15, -0.1) is 0 Å². The lowest BCUT2D eigenvalue weighted by molar-refractivity contribution is -0.210. The first-order chi connectivity index (χ1) is 7.88. The number of alkyl halides is 3. The Morgan fingerprint density at radius 2 is 2.12 bits per heavy atom. The van der Waals surface area contributed by atoms with E-state index in [0.29, 0.717) is 19.0 Å². The molecule has 0 spiro atoms. The molecular weight excluding hydrogens is 233 g/mol. The van der Waals surface area contributed by atoms with Crippen molar-refractivity contribution in [3.05, 3.63) is 0 Å². The summed E-state index contributed by atoms with van der Waals surface area (Å²) in [5, 5.41) is 9.07. The highest BCUT2D eigenvalue weighted by Crippen LogP contribution is 2.27. The van der Waals surface area contributed by atoms with Gasteiger partial charge >= 0.3 is 6.18 Å². The van der Waals surface area contributed by atoms with E-state index >= 15 is 0 Å². The Kier molecular flexibility index (Phi) is 5.22. The zero-order chi connectivity index (χ0) is 13.1. The van der Waals surface area contributed by atoms with Crippen LogP contribution in [0.15, 0.2) is 0 Å². The monoisotopic (exact) mass is 254 g/mol. The number of hydrogen-bond acceptors (Lipinski definition) is 3. The van der Waals surface area contributed by atoms with Gasteiger partial charge in [0.2, 0.25) is 0 Å². The molecule has 3 unspecified atom stereocenters. The van der Waals surface area contributed by atoms with Crippen LogP contribution in [0.5, 0.6) is 0 Å². The van der Waals surface area contributed by atoms with Gasteiger partial charge in [0, 0.05) is 19.1 Å². The van der Waals surface area contributed by atoms with E-state index in [4.69, 9.17) is 10.8 Å². The molecule has 0 aromatic carbocycles.